The molecule has 1 saturated heterocycles. The fourth-order valence-electron chi connectivity index (χ4n) is 2.38. The second kappa shape index (κ2) is 5.70. The molecule has 1 aliphatic heterocycles. The van der Waals surface area contributed by atoms with Crippen molar-refractivity contribution in [3.63, 3.8) is 0 Å². The van der Waals surface area contributed by atoms with Gasteiger partial charge in [0.05, 0.1) is 6.54 Å². The Hall–Kier alpha value is -0.520. The first kappa shape index (κ1) is 13.5. The van der Waals surface area contributed by atoms with Crippen molar-refractivity contribution in [3.8, 4) is 12.3 Å². The van der Waals surface area contributed by atoms with Crippen LogP contribution in [0.4, 0.5) is 0 Å². The summed E-state index contributed by atoms with van der Waals surface area (Å²) in [6.45, 7) is 13.5. The lowest BCUT2D eigenvalue weighted by Crippen LogP contribution is -2.39. The highest BCUT2D eigenvalue weighted by Gasteiger charge is 2.33. The van der Waals surface area contributed by atoms with E-state index in [9.17, 15) is 0 Å². The van der Waals surface area contributed by atoms with Crippen molar-refractivity contribution < 1.29 is 0 Å². The van der Waals surface area contributed by atoms with E-state index < -0.39 is 0 Å². The molecule has 0 aromatic heterocycles. The van der Waals surface area contributed by atoms with E-state index >= 15 is 0 Å². The molecule has 0 amide bonds. The topological polar surface area (TPSA) is 15.3 Å². The Morgan fingerprint density at radius 1 is 1.50 bits per heavy atom. The normalized spacial score (nSPS) is 24.3. The van der Waals surface area contributed by atoms with Crippen LogP contribution in [0.1, 0.15) is 34.1 Å². The summed E-state index contributed by atoms with van der Waals surface area (Å²) in [7, 11) is 0. The highest BCUT2D eigenvalue weighted by atomic mass is 15.2. The number of nitrogens with one attached hydrogen (secondary N) is 1. The van der Waals surface area contributed by atoms with Gasteiger partial charge < -0.3 is 5.32 Å². The zero-order chi connectivity index (χ0) is 12.2. The minimum atomic E-state index is 0.445. The first-order valence-corrected chi connectivity index (χ1v) is 6.33. The molecule has 0 saturated carbocycles. The number of hydrogen-bond donors (Lipinski definition) is 1. The first-order chi connectivity index (χ1) is 7.45. The molecule has 16 heavy (non-hydrogen) atoms. The summed E-state index contributed by atoms with van der Waals surface area (Å²) in [6, 6.07) is 0.598. The summed E-state index contributed by atoms with van der Waals surface area (Å²) in [4.78, 5) is 2.58. The van der Waals surface area contributed by atoms with Crippen molar-refractivity contribution in [3.05, 3.63) is 0 Å². The largest absolute Gasteiger partial charge is 0.305 e. The predicted molar refractivity (Wildman–Crippen MR) is 70.3 cm³/mol. The molecule has 0 aromatic rings. The van der Waals surface area contributed by atoms with Crippen molar-refractivity contribution in [2.45, 2.75) is 40.2 Å². The Kier molecular flexibility index (Phi) is 4.83. The van der Waals surface area contributed by atoms with Crippen LogP contribution < -0.4 is 5.32 Å². The van der Waals surface area contributed by atoms with Crippen LogP contribution in [0.15, 0.2) is 0 Å². The van der Waals surface area contributed by atoms with E-state index in [1.165, 1.54) is 19.5 Å². The molecule has 2 atom stereocenters. The molecule has 1 fully saturated rings. The molecule has 0 bridgehead atoms. The first-order valence-electron chi connectivity index (χ1n) is 6.33. The molecular formula is C14H26N2. The van der Waals surface area contributed by atoms with E-state index in [1.807, 2.05) is 0 Å². The van der Waals surface area contributed by atoms with Crippen LogP contribution in [-0.4, -0.2) is 37.1 Å². The molecule has 0 spiro atoms. The average Bonchev–Trinajstić information content (AvgIpc) is 2.66. The molecule has 1 N–H and O–H groups in total. The van der Waals surface area contributed by atoms with E-state index in [2.05, 4.69) is 43.8 Å². The summed E-state index contributed by atoms with van der Waals surface area (Å²) in [5.74, 6) is 3.45. The van der Waals surface area contributed by atoms with Gasteiger partial charge in [-0.15, -0.1) is 6.42 Å². The van der Waals surface area contributed by atoms with Gasteiger partial charge in [0.15, 0.2) is 0 Å². The lowest BCUT2D eigenvalue weighted by molar-refractivity contribution is 0.200. The van der Waals surface area contributed by atoms with Gasteiger partial charge in [-0.3, -0.25) is 4.90 Å². The smallest absolute Gasteiger partial charge is 0.0574 e. The summed E-state index contributed by atoms with van der Waals surface area (Å²) < 4.78 is 0. The molecule has 1 rings (SSSR count). The fraction of sp³-hybridized carbons (Fsp3) is 0.857. The number of rotatable bonds is 4. The number of nitrogens with zero attached hydrogens (tertiary/aromatic N) is 1. The molecule has 0 radical (unpaired) electrons. The maximum absolute atomic E-state index is 5.22. The maximum atomic E-state index is 5.22. The number of terminal acetylenes is 1. The van der Waals surface area contributed by atoms with Gasteiger partial charge in [0.25, 0.3) is 0 Å². The van der Waals surface area contributed by atoms with Gasteiger partial charge in [-0.1, -0.05) is 26.7 Å². The van der Waals surface area contributed by atoms with Crippen molar-refractivity contribution in [1.82, 2.24) is 10.2 Å². The monoisotopic (exact) mass is 222 g/mol. The van der Waals surface area contributed by atoms with Crippen LogP contribution in [0.25, 0.3) is 0 Å². The lowest BCUT2D eigenvalue weighted by Gasteiger charge is -2.29. The van der Waals surface area contributed by atoms with Crippen LogP contribution in [0.2, 0.25) is 0 Å². The van der Waals surface area contributed by atoms with Crippen LogP contribution in [0.5, 0.6) is 0 Å². The van der Waals surface area contributed by atoms with Gasteiger partial charge >= 0.3 is 0 Å². The summed E-state index contributed by atoms with van der Waals surface area (Å²) in [5, 5.41) is 3.29. The summed E-state index contributed by atoms with van der Waals surface area (Å²) in [6.07, 6.45) is 6.56. The van der Waals surface area contributed by atoms with Crippen LogP contribution in [0, 0.1) is 23.7 Å². The summed E-state index contributed by atoms with van der Waals surface area (Å²) in [5.41, 5.74) is 0.445. The highest BCUT2D eigenvalue weighted by Crippen LogP contribution is 2.34. The van der Waals surface area contributed by atoms with Gasteiger partial charge in [-0.05, 0) is 31.2 Å². The third-order valence-electron chi connectivity index (χ3n) is 3.73. The molecule has 0 aliphatic carbocycles. The van der Waals surface area contributed by atoms with Gasteiger partial charge in [0.2, 0.25) is 0 Å². The molecule has 1 heterocycles. The molecule has 2 unspecified atom stereocenters. The van der Waals surface area contributed by atoms with Crippen LogP contribution >= 0.6 is 0 Å². The molecule has 2 nitrogen and oxygen atoms in total. The van der Waals surface area contributed by atoms with Crippen LogP contribution in [0.3, 0.4) is 0 Å². The third kappa shape index (κ3) is 3.81. The van der Waals surface area contributed by atoms with Crippen molar-refractivity contribution >= 4 is 0 Å². The SMILES string of the molecule is C#CCNCC(C)N1CCC(C(C)(C)C)C1. The zero-order valence-corrected chi connectivity index (χ0v) is 11.2. The Morgan fingerprint density at radius 3 is 2.69 bits per heavy atom. The summed E-state index contributed by atoms with van der Waals surface area (Å²) >= 11 is 0. The second-order valence-electron chi connectivity index (χ2n) is 6.03. The predicted octanol–water partition coefficient (Wildman–Crippen LogP) is 1.97. The Balaban J connectivity index is 2.33. The Labute approximate surface area is 101 Å². The Bertz CT molecular complexity index is 246. The van der Waals surface area contributed by atoms with Crippen molar-refractivity contribution in [2.24, 2.45) is 11.3 Å². The molecular weight excluding hydrogens is 196 g/mol. The van der Waals surface area contributed by atoms with E-state index in [0.717, 1.165) is 12.5 Å². The van der Waals surface area contributed by atoms with E-state index in [0.29, 0.717) is 18.0 Å². The van der Waals surface area contributed by atoms with Gasteiger partial charge in [-0.25, -0.2) is 0 Å². The molecule has 1 aliphatic rings. The minimum absolute atomic E-state index is 0.445. The molecule has 2 heteroatoms. The van der Waals surface area contributed by atoms with Gasteiger partial charge in [0.1, 0.15) is 0 Å². The second-order valence-corrected chi connectivity index (χ2v) is 6.03. The third-order valence-corrected chi connectivity index (χ3v) is 3.73. The minimum Gasteiger partial charge on any atom is -0.305 e. The molecule has 92 valence electrons. The van der Waals surface area contributed by atoms with Gasteiger partial charge in [-0.2, -0.15) is 0 Å². The van der Waals surface area contributed by atoms with Crippen LogP contribution in [-0.2, 0) is 0 Å². The van der Waals surface area contributed by atoms with Crippen molar-refractivity contribution in [2.75, 3.05) is 26.2 Å². The van der Waals surface area contributed by atoms with E-state index in [4.69, 9.17) is 6.42 Å². The quantitative estimate of drug-likeness (QED) is 0.578. The number of likely N-dealkylation sites (tertiary alicyclic amines) is 1. The average molecular weight is 222 g/mol. The van der Waals surface area contributed by atoms with Crippen molar-refractivity contribution in [1.29, 1.82) is 0 Å². The highest BCUT2D eigenvalue weighted by molar-refractivity contribution is 4.89. The Morgan fingerprint density at radius 2 is 2.19 bits per heavy atom. The maximum Gasteiger partial charge on any atom is 0.0574 e. The standard InChI is InChI=1S/C14H26N2/c1-6-8-15-10-12(2)16-9-7-13(11-16)14(3,4)5/h1,12-13,15H,7-11H2,2-5H3. The van der Waals surface area contributed by atoms with E-state index in [1.54, 1.807) is 0 Å². The zero-order valence-electron chi connectivity index (χ0n) is 11.2. The van der Waals surface area contributed by atoms with Gasteiger partial charge in [0, 0.05) is 19.1 Å². The number of hydrogen-bond acceptors (Lipinski definition) is 2. The van der Waals surface area contributed by atoms with E-state index in [-0.39, 0.29) is 0 Å². The molecule has 0 aromatic carbocycles. The fourth-order valence-corrected chi connectivity index (χ4v) is 2.38. The lowest BCUT2D eigenvalue weighted by atomic mass is 9.80.